The van der Waals surface area contributed by atoms with Crippen molar-refractivity contribution in [2.24, 2.45) is 5.92 Å². The smallest absolute Gasteiger partial charge is 0.207 e. The normalized spacial score (nSPS) is 30.7. The molecule has 118 valence electrons. The van der Waals surface area contributed by atoms with Crippen molar-refractivity contribution in [1.82, 2.24) is 4.31 Å². The van der Waals surface area contributed by atoms with E-state index in [1.807, 2.05) is 26.0 Å². The highest BCUT2D eigenvalue weighted by molar-refractivity contribution is 14.1. The lowest BCUT2D eigenvalue weighted by molar-refractivity contribution is 0.311. The maximum atomic E-state index is 13.1. The van der Waals surface area contributed by atoms with E-state index in [1.165, 1.54) is 0 Å². The van der Waals surface area contributed by atoms with Gasteiger partial charge in [-0.1, -0.05) is 60.6 Å². The molecule has 0 unspecified atom stereocenters. The Hall–Kier alpha value is -0.140. The third-order valence-corrected chi connectivity index (χ3v) is 8.53. The summed E-state index contributed by atoms with van der Waals surface area (Å²) in [7, 11) is -3.41. The molecule has 0 radical (unpaired) electrons. The Kier molecular flexibility index (Phi) is 5.36. The second-order valence-electron chi connectivity index (χ2n) is 6.05. The van der Waals surface area contributed by atoms with Crippen LogP contribution in [0.25, 0.3) is 0 Å². The van der Waals surface area contributed by atoms with Crippen molar-refractivity contribution in [3.8, 4) is 0 Å². The van der Waals surface area contributed by atoms with Crippen LogP contribution in [0.1, 0.15) is 39.2 Å². The molecule has 5 heteroatoms. The van der Waals surface area contributed by atoms with Gasteiger partial charge in [0.05, 0.1) is 4.90 Å². The van der Waals surface area contributed by atoms with Gasteiger partial charge in [-0.25, -0.2) is 8.42 Å². The van der Waals surface area contributed by atoms with E-state index < -0.39 is 10.0 Å². The monoisotopic (exact) mass is 421 g/mol. The number of nitrogens with zero attached hydrogens (tertiary/aromatic N) is 1. The van der Waals surface area contributed by atoms with Crippen LogP contribution < -0.4 is 0 Å². The number of halogens is 1. The SMILES string of the molecule is CCC[C@H]1[C@H](I)[C@@H](C)[C@@H](C)N1S(=O)(=O)c1ccc(C)cc1. The average Bonchev–Trinajstić information content (AvgIpc) is 2.65. The van der Waals surface area contributed by atoms with E-state index >= 15 is 0 Å². The van der Waals surface area contributed by atoms with Gasteiger partial charge in [-0.2, -0.15) is 4.31 Å². The lowest BCUT2D eigenvalue weighted by Crippen LogP contribution is -2.41. The number of hydrogen-bond donors (Lipinski definition) is 0. The predicted octanol–water partition coefficient (Wildman–Crippen LogP) is 4.00. The molecule has 0 aromatic heterocycles. The van der Waals surface area contributed by atoms with E-state index in [4.69, 9.17) is 0 Å². The van der Waals surface area contributed by atoms with E-state index in [2.05, 4.69) is 36.4 Å². The number of sulfonamides is 1. The molecule has 1 heterocycles. The maximum absolute atomic E-state index is 13.1. The topological polar surface area (TPSA) is 37.4 Å². The number of benzene rings is 1. The minimum atomic E-state index is -3.41. The molecule has 21 heavy (non-hydrogen) atoms. The van der Waals surface area contributed by atoms with Gasteiger partial charge in [0.1, 0.15) is 0 Å². The molecule has 1 saturated heterocycles. The van der Waals surface area contributed by atoms with Crippen LogP contribution in [0.3, 0.4) is 0 Å². The summed E-state index contributed by atoms with van der Waals surface area (Å²) in [6.07, 6.45) is 1.93. The number of aryl methyl sites for hydroxylation is 1. The van der Waals surface area contributed by atoms with Gasteiger partial charge in [-0.3, -0.25) is 0 Å². The third-order valence-electron chi connectivity index (χ3n) is 4.54. The summed E-state index contributed by atoms with van der Waals surface area (Å²) in [4.78, 5) is 0.416. The highest BCUT2D eigenvalue weighted by Gasteiger charge is 2.48. The highest BCUT2D eigenvalue weighted by Crippen LogP contribution is 2.40. The molecule has 4 atom stereocenters. The Morgan fingerprint density at radius 1 is 1.19 bits per heavy atom. The van der Waals surface area contributed by atoms with Crippen molar-refractivity contribution in [3.63, 3.8) is 0 Å². The van der Waals surface area contributed by atoms with Gasteiger partial charge >= 0.3 is 0 Å². The molecule has 3 nitrogen and oxygen atoms in total. The van der Waals surface area contributed by atoms with Crippen LogP contribution in [0, 0.1) is 12.8 Å². The summed E-state index contributed by atoms with van der Waals surface area (Å²) in [5, 5.41) is 0. The van der Waals surface area contributed by atoms with Crippen molar-refractivity contribution in [2.45, 2.75) is 61.4 Å². The fourth-order valence-electron chi connectivity index (χ4n) is 3.10. The Morgan fingerprint density at radius 3 is 2.29 bits per heavy atom. The number of hydrogen-bond acceptors (Lipinski definition) is 2. The van der Waals surface area contributed by atoms with Crippen molar-refractivity contribution < 1.29 is 8.42 Å². The molecule has 0 aliphatic carbocycles. The molecule has 0 saturated carbocycles. The van der Waals surface area contributed by atoms with Crippen LogP contribution in [0.2, 0.25) is 0 Å². The molecule has 1 aromatic rings. The van der Waals surface area contributed by atoms with Gasteiger partial charge in [0.15, 0.2) is 0 Å². The zero-order valence-corrected chi connectivity index (χ0v) is 16.1. The van der Waals surface area contributed by atoms with Gasteiger partial charge < -0.3 is 0 Å². The van der Waals surface area contributed by atoms with Gasteiger partial charge in [0.2, 0.25) is 10.0 Å². The summed E-state index contributed by atoms with van der Waals surface area (Å²) in [5.41, 5.74) is 1.08. The molecule has 1 fully saturated rings. The quantitative estimate of drug-likeness (QED) is 0.545. The minimum Gasteiger partial charge on any atom is -0.207 e. The number of rotatable bonds is 4. The lowest BCUT2D eigenvalue weighted by Gasteiger charge is -2.28. The van der Waals surface area contributed by atoms with E-state index in [-0.39, 0.29) is 12.1 Å². The zero-order chi connectivity index (χ0) is 15.8. The van der Waals surface area contributed by atoms with E-state index in [1.54, 1.807) is 16.4 Å². The van der Waals surface area contributed by atoms with Crippen molar-refractivity contribution in [3.05, 3.63) is 29.8 Å². The average molecular weight is 421 g/mol. The highest BCUT2D eigenvalue weighted by atomic mass is 127. The third kappa shape index (κ3) is 3.15. The van der Waals surface area contributed by atoms with Crippen LogP contribution in [0.4, 0.5) is 0 Å². The number of alkyl halides is 1. The Morgan fingerprint density at radius 2 is 1.76 bits per heavy atom. The Bertz CT molecular complexity index is 585. The summed E-state index contributed by atoms with van der Waals surface area (Å²) < 4.78 is 28.2. The van der Waals surface area contributed by atoms with Crippen molar-refractivity contribution in [1.29, 1.82) is 0 Å². The maximum Gasteiger partial charge on any atom is 0.243 e. The van der Waals surface area contributed by atoms with Gasteiger partial charge in [-0.05, 0) is 38.3 Å². The first-order chi connectivity index (χ1) is 9.80. The van der Waals surface area contributed by atoms with Crippen LogP contribution in [-0.2, 0) is 10.0 Å². The summed E-state index contributed by atoms with van der Waals surface area (Å²) >= 11 is 2.43. The second-order valence-corrected chi connectivity index (χ2v) is 9.33. The fraction of sp³-hybridized carbons (Fsp3) is 0.625. The van der Waals surface area contributed by atoms with Crippen molar-refractivity contribution in [2.75, 3.05) is 0 Å². The standard InChI is InChI=1S/C16H24INO2S/c1-5-6-15-16(17)12(3)13(4)18(15)21(19,20)14-9-7-11(2)8-10-14/h7-10,12-13,15-16H,5-6H2,1-4H3/t12-,13+,15-,16+/m0/s1. The summed E-state index contributed by atoms with van der Waals surface area (Å²) in [5.74, 6) is 0.377. The molecule has 2 rings (SSSR count). The second kappa shape index (κ2) is 6.54. The molecule has 0 amide bonds. The molecule has 1 aromatic carbocycles. The van der Waals surface area contributed by atoms with Crippen LogP contribution in [0.15, 0.2) is 29.2 Å². The van der Waals surface area contributed by atoms with Crippen LogP contribution in [-0.4, -0.2) is 28.7 Å². The first kappa shape index (κ1) is 17.2. The predicted molar refractivity (Wildman–Crippen MR) is 95.3 cm³/mol. The zero-order valence-electron chi connectivity index (χ0n) is 13.1. The summed E-state index contributed by atoms with van der Waals surface area (Å²) in [6, 6.07) is 7.35. The molecule has 0 bridgehead atoms. The van der Waals surface area contributed by atoms with Crippen molar-refractivity contribution >= 4 is 32.6 Å². The molecule has 1 aliphatic heterocycles. The first-order valence-corrected chi connectivity index (χ1v) is 10.2. The van der Waals surface area contributed by atoms with Crippen LogP contribution >= 0.6 is 22.6 Å². The fourth-order valence-corrected chi connectivity index (χ4v) is 6.57. The Balaban J connectivity index is 2.43. The van der Waals surface area contributed by atoms with Gasteiger partial charge in [-0.15, -0.1) is 0 Å². The Labute approximate surface area is 142 Å². The van der Waals surface area contributed by atoms with E-state index in [9.17, 15) is 8.42 Å². The van der Waals surface area contributed by atoms with Gasteiger partial charge in [0.25, 0.3) is 0 Å². The molecule has 0 N–H and O–H groups in total. The van der Waals surface area contributed by atoms with E-state index in [0.717, 1.165) is 18.4 Å². The molecule has 0 spiro atoms. The largest absolute Gasteiger partial charge is 0.243 e. The van der Waals surface area contributed by atoms with Gasteiger partial charge in [0, 0.05) is 16.0 Å². The minimum absolute atomic E-state index is 0.0507. The molecular formula is C16H24INO2S. The van der Waals surface area contributed by atoms with E-state index in [0.29, 0.717) is 14.7 Å². The lowest BCUT2D eigenvalue weighted by atomic mass is 10.0. The first-order valence-electron chi connectivity index (χ1n) is 7.55. The molecule has 1 aliphatic rings. The molecular weight excluding hydrogens is 397 g/mol. The van der Waals surface area contributed by atoms with Crippen LogP contribution in [0.5, 0.6) is 0 Å². The summed E-state index contributed by atoms with van der Waals surface area (Å²) in [6.45, 7) is 8.29.